The largest absolute Gasteiger partial charge is 0.496 e. The topological polar surface area (TPSA) is 84.1 Å². The Kier molecular flexibility index (Phi) is 6.32. The van der Waals surface area contributed by atoms with E-state index in [-0.39, 0.29) is 24.2 Å². The van der Waals surface area contributed by atoms with E-state index >= 15 is 0 Å². The summed E-state index contributed by atoms with van der Waals surface area (Å²) in [6.07, 6.45) is 0.884. The zero-order valence-electron chi connectivity index (χ0n) is 17.3. The Morgan fingerprint density at radius 2 is 1.93 bits per heavy atom. The molecule has 1 atom stereocenters. The predicted molar refractivity (Wildman–Crippen MR) is 113 cm³/mol. The van der Waals surface area contributed by atoms with E-state index in [1.807, 2.05) is 24.3 Å². The van der Waals surface area contributed by atoms with E-state index in [4.69, 9.17) is 4.74 Å². The van der Waals surface area contributed by atoms with Crippen LogP contribution in [0.3, 0.4) is 0 Å². The number of hydrogen-bond donors (Lipinski definition) is 2. The number of fused-ring (bicyclic) bond motifs is 1. The van der Waals surface area contributed by atoms with E-state index in [1.165, 1.54) is 6.92 Å². The Hall–Kier alpha value is -3.15. The number of imidazole rings is 1. The van der Waals surface area contributed by atoms with Gasteiger partial charge in [0.1, 0.15) is 11.6 Å². The number of benzene rings is 2. The Morgan fingerprint density at radius 3 is 2.59 bits per heavy atom. The van der Waals surface area contributed by atoms with Crippen molar-refractivity contribution in [2.75, 3.05) is 7.11 Å². The van der Waals surface area contributed by atoms with Crippen LogP contribution in [-0.4, -0.2) is 28.8 Å². The molecule has 152 valence electrons. The van der Waals surface area contributed by atoms with Gasteiger partial charge in [0.25, 0.3) is 0 Å². The Morgan fingerprint density at radius 1 is 1.17 bits per heavy atom. The normalized spacial score (nSPS) is 12.2. The van der Waals surface area contributed by atoms with Crippen LogP contribution in [0.25, 0.3) is 11.0 Å². The maximum atomic E-state index is 12.8. The van der Waals surface area contributed by atoms with Crippen molar-refractivity contribution < 1.29 is 14.3 Å². The fourth-order valence-electron chi connectivity index (χ4n) is 3.40. The number of rotatable bonds is 8. The highest BCUT2D eigenvalue weighted by molar-refractivity contribution is 5.94. The Balaban J connectivity index is 1.82. The summed E-state index contributed by atoms with van der Waals surface area (Å²) in [5, 5.41) is 3.10. The van der Waals surface area contributed by atoms with Crippen molar-refractivity contribution in [3.05, 3.63) is 59.4 Å². The summed E-state index contributed by atoms with van der Waals surface area (Å²) < 4.78 is 5.37. The lowest BCUT2D eigenvalue weighted by atomic mass is 10.0. The fourth-order valence-corrected chi connectivity index (χ4v) is 3.40. The molecule has 29 heavy (non-hydrogen) atoms. The minimum absolute atomic E-state index is 0.0470. The molecule has 0 aliphatic rings. The lowest BCUT2D eigenvalue weighted by Gasteiger charge is -2.19. The van der Waals surface area contributed by atoms with Crippen molar-refractivity contribution in [1.82, 2.24) is 15.3 Å². The molecule has 0 bridgehead atoms. The molecule has 3 rings (SSSR count). The number of aromatic amines is 1. The number of amides is 1. The van der Waals surface area contributed by atoms with E-state index in [9.17, 15) is 9.59 Å². The van der Waals surface area contributed by atoms with Crippen LogP contribution in [0.1, 0.15) is 55.0 Å². The number of carbonyl (C=O) groups is 2. The average Bonchev–Trinajstić information content (AvgIpc) is 3.11. The molecule has 1 heterocycles. The van der Waals surface area contributed by atoms with Crippen molar-refractivity contribution in [3.8, 4) is 5.75 Å². The van der Waals surface area contributed by atoms with Crippen LogP contribution in [-0.2, 0) is 11.2 Å². The highest BCUT2D eigenvalue weighted by Crippen LogP contribution is 2.24. The molecule has 2 N–H and O–H groups in total. The maximum Gasteiger partial charge on any atom is 0.225 e. The first-order valence-electron chi connectivity index (χ1n) is 9.79. The molecule has 0 spiro atoms. The summed E-state index contributed by atoms with van der Waals surface area (Å²) in [6.45, 7) is 5.73. The summed E-state index contributed by atoms with van der Waals surface area (Å²) in [6, 6.07) is 12.7. The standard InChI is InChI=1S/C23H27N3O3/c1-14(2)11-20(23-25-18-7-5-6-8-19(18)26-23)24-22(28)13-17-12-16(15(3)27)9-10-21(17)29-4/h5-10,12,14,20H,11,13H2,1-4H3,(H,24,28)(H,25,26)/t20-/m0/s1. The van der Waals surface area contributed by atoms with Gasteiger partial charge in [-0.2, -0.15) is 0 Å². The molecule has 6 nitrogen and oxygen atoms in total. The molecule has 6 heteroatoms. The number of carbonyl (C=O) groups excluding carboxylic acids is 2. The molecule has 0 saturated heterocycles. The summed E-state index contributed by atoms with van der Waals surface area (Å²) in [5.74, 6) is 1.53. The molecule has 2 aromatic carbocycles. The number of Topliss-reactive ketones (excluding diaryl/α,β-unsaturated/α-hetero) is 1. The van der Waals surface area contributed by atoms with E-state index in [0.29, 0.717) is 22.8 Å². The second kappa shape index (κ2) is 8.90. The lowest BCUT2D eigenvalue weighted by molar-refractivity contribution is -0.121. The third kappa shape index (κ3) is 5.02. The van der Waals surface area contributed by atoms with Crippen LogP contribution in [0.15, 0.2) is 42.5 Å². The minimum Gasteiger partial charge on any atom is -0.496 e. The van der Waals surface area contributed by atoms with Gasteiger partial charge < -0.3 is 15.0 Å². The molecule has 0 aliphatic carbocycles. The molecule has 1 amide bonds. The molecule has 0 saturated carbocycles. The van der Waals surface area contributed by atoms with Gasteiger partial charge in [0, 0.05) is 11.1 Å². The molecule has 3 aromatic rings. The molecule has 0 aliphatic heterocycles. The maximum absolute atomic E-state index is 12.8. The molecule has 1 aromatic heterocycles. The highest BCUT2D eigenvalue weighted by atomic mass is 16.5. The van der Waals surface area contributed by atoms with E-state index in [2.05, 4.69) is 29.1 Å². The molecular weight excluding hydrogens is 366 g/mol. The lowest BCUT2D eigenvalue weighted by Crippen LogP contribution is -2.31. The van der Waals surface area contributed by atoms with Crippen LogP contribution in [0.2, 0.25) is 0 Å². The Labute approximate surface area is 170 Å². The highest BCUT2D eigenvalue weighted by Gasteiger charge is 2.21. The zero-order chi connectivity index (χ0) is 21.0. The third-order valence-corrected chi connectivity index (χ3v) is 4.82. The average molecular weight is 393 g/mol. The molecular formula is C23H27N3O3. The quantitative estimate of drug-likeness (QED) is 0.561. The number of nitrogens with zero attached hydrogens (tertiary/aromatic N) is 1. The summed E-state index contributed by atoms with van der Waals surface area (Å²) in [5.41, 5.74) is 3.07. The fraction of sp³-hybridized carbons (Fsp3) is 0.348. The number of H-pyrrole nitrogens is 1. The van der Waals surface area contributed by atoms with E-state index in [1.54, 1.807) is 25.3 Å². The van der Waals surface area contributed by atoms with Gasteiger partial charge in [0.05, 0.1) is 30.6 Å². The number of hydrogen-bond acceptors (Lipinski definition) is 4. The first-order chi connectivity index (χ1) is 13.9. The van der Waals surface area contributed by atoms with Crippen LogP contribution < -0.4 is 10.1 Å². The van der Waals surface area contributed by atoms with Gasteiger partial charge in [-0.3, -0.25) is 9.59 Å². The molecule has 0 radical (unpaired) electrons. The van der Waals surface area contributed by atoms with Crippen LogP contribution in [0, 0.1) is 5.92 Å². The third-order valence-electron chi connectivity index (χ3n) is 4.82. The first-order valence-corrected chi connectivity index (χ1v) is 9.79. The summed E-state index contributed by atoms with van der Waals surface area (Å²) in [4.78, 5) is 32.5. The van der Waals surface area contributed by atoms with Gasteiger partial charge in [0.2, 0.25) is 5.91 Å². The monoisotopic (exact) mass is 393 g/mol. The van der Waals surface area contributed by atoms with Crippen LogP contribution >= 0.6 is 0 Å². The SMILES string of the molecule is COc1ccc(C(C)=O)cc1CC(=O)N[C@@H](CC(C)C)c1nc2ccccc2[nH]1. The van der Waals surface area contributed by atoms with Crippen LogP contribution in [0.4, 0.5) is 0 Å². The van der Waals surface area contributed by atoms with Gasteiger partial charge in [-0.25, -0.2) is 4.98 Å². The van der Waals surface area contributed by atoms with Crippen molar-refractivity contribution in [2.24, 2.45) is 5.92 Å². The van der Waals surface area contributed by atoms with Gasteiger partial charge in [-0.1, -0.05) is 26.0 Å². The van der Waals surface area contributed by atoms with Crippen molar-refractivity contribution in [3.63, 3.8) is 0 Å². The van der Waals surface area contributed by atoms with Crippen LogP contribution in [0.5, 0.6) is 5.75 Å². The van der Waals surface area contributed by atoms with Gasteiger partial charge >= 0.3 is 0 Å². The van der Waals surface area contributed by atoms with Gasteiger partial charge in [-0.15, -0.1) is 0 Å². The van der Waals surface area contributed by atoms with Gasteiger partial charge in [0.15, 0.2) is 5.78 Å². The number of para-hydroxylation sites is 2. The van der Waals surface area contributed by atoms with E-state index < -0.39 is 0 Å². The number of ketones is 1. The summed E-state index contributed by atoms with van der Waals surface area (Å²) in [7, 11) is 1.56. The Bertz CT molecular complexity index is 990. The van der Waals surface area contributed by atoms with Crippen molar-refractivity contribution >= 4 is 22.7 Å². The number of methoxy groups -OCH3 is 1. The number of ether oxygens (including phenoxy) is 1. The summed E-state index contributed by atoms with van der Waals surface area (Å²) >= 11 is 0. The first kappa shape index (κ1) is 20.6. The predicted octanol–water partition coefficient (Wildman–Crippen LogP) is 4.22. The van der Waals surface area contributed by atoms with E-state index in [0.717, 1.165) is 23.3 Å². The van der Waals surface area contributed by atoms with Crippen molar-refractivity contribution in [1.29, 1.82) is 0 Å². The zero-order valence-corrected chi connectivity index (χ0v) is 17.3. The second-order valence-electron chi connectivity index (χ2n) is 7.65. The molecule has 0 fully saturated rings. The second-order valence-corrected chi connectivity index (χ2v) is 7.65. The minimum atomic E-state index is -0.225. The number of nitrogens with one attached hydrogen (secondary N) is 2. The number of aromatic nitrogens is 2. The van der Waals surface area contributed by atoms with Gasteiger partial charge in [-0.05, 0) is 49.6 Å². The van der Waals surface area contributed by atoms with Crippen molar-refractivity contribution in [2.45, 2.75) is 39.7 Å². The molecule has 0 unspecified atom stereocenters. The smallest absolute Gasteiger partial charge is 0.225 e.